The number of nitrogens with one attached hydrogen (secondary N) is 1. The van der Waals surface area contributed by atoms with Crippen LogP contribution < -0.4 is 9.62 Å². The summed E-state index contributed by atoms with van der Waals surface area (Å²) in [5.41, 5.74) is 3.54. The van der Waals surface area contributed by atoms with Crippen LogP contribution in [0.4, 0.5) is 5.69 Å². The molecule has 0 saturated heterocycles. The van der Waals surface area contributed by atoms with Gasteiger partial charge in [0.05, 0.1) is 11.9 Å². The molecule has 9 heteroatoms. The summed E-state index contributed by atoms with van der Waals surface area (Å²) in [6, 6.07) is 24.1. The highest BCUT2D eigenvalue weighted by Gasteiger charge is 2.31. The Morgan fingerprint density at radius 1 is 0.881 bits per heavy atom. The zero-order valence-electron chi connectivity index (χ0n) is 24.9. The lowest BCUT2D eigenvalue weighted by molar-refractivity contribution is -0.141. The minimum atomic E-state index is -3.56. The van der Waals surface area contributed by atoms with Gasteiger partial charge < -0.3 is 10.2 Å². The largest absolute Gasteiger partial charge is 0.352 e. The first kappa shape index (κ1) is 33.3. The van der Waals surface area contributed by atoms with E-state index < -0.39 is 16.1 Å². The average Bonchev–Trinajstić information content (AvgIpc) is 2.97. The fraction of sp³-hybridized carbons (Fsp3) is 0.394. The van der Waals surface area contributed by atoms with Crippen molar-refractivity contribution in [1.29, 1.82) is 0 Å². The number of halogens is 1. The number of benzene rings is 3. The van der Waals surface area contributed by atoms with Crippen LogP contribution in [0.15, 0.2) is 83.3 Å². The minimum Gasteiger partial charge on any atom is -0.352 e. The summed E-state index contributed by atoms with van der Waals surface area (Å²) in [6.45, 7) is 6.41. The van der Waals surface area contributed by atoms with E-state index in [9.17, 15) is 18.0 Å². The van der Waals surface area contributed by atoms with Gasteiger partial charge in [0.1, 0.15) is 6.04 Å². The van der Waals surface area contributed by atoms with Crippen molar-refractivity contribution < 1.29 is 18.0 Å². The maximum Gasteiger partial charge on any atom is 0.243 e. The van der Waals surface area contributed by atoms with Gasteiger partial charge >= 0.3 is 0 Å². The predicted octanol–water partition coefficient (Wildman–Crippen LogP) is 6.11. The van der Waals surface area contributed by atoms with Gasteiger partial charge in [0, 0.05) is 36.4 Å². The summed E-state index contributed by atoms with van der Waals surface area (Å²) in [7, 11) is -3.56. The number of anilines is 1. The third-order valence-electron chi connectivity index (χ3n) is 7.32. The number of hydrogen-bond acceptors (Lipinski definition) is 4. The number of carbonyl (C=O) groups is 2. The van der Waals surface area contributed by atoms with E-state index in [1.165, 1.54) is 10.6 Å². The first-order valence-corrected chi connectivity index (χ1v) is 17.1. The van der Waals surface area contributed by atoms with Gasteiger partial charge in [-0.3, -0.25) is 13.9 Å². The van der Waals surface area contributed by atoms with Gasteiger partial charge in [-0.1, -0.05) is 84.4 Å². The zero-order valence-corrected chi connectivity index (χ0v) is 27.3. The Labute approximate surface area is 259 Å². The first-order chi connectivity index (χ1) is 20.0. The fourth-order valence-corrected chi connectivity index (χ4v) is 5.91. The second-order valence-corrected chi connectivity index (χ2v) is 13.5. The van der Waals surface area contributed by atoms with Crippen molar-refractivity contribution in [2.24, 2.45) is 0 Å². The lowest BCUT2D eigenvalue weighted by atomic mass is 10.0. The Morgan fingerprint density at radius 3 is 2.07 bits per heavy atom. The van der Waals surface area contributed by atoms with Crippen LogP contribution in [0.5, 0.6) is 0 Å². The molecule has 226 valence electrons. The molecule has 0 aliphatic carbocycles. The fourth-order valence-electron chi connectivity index (χ4n) is 4.68. The number of aryl methyl sites for hydroxylation is 1. The Balaban J connectivity index is 1.87. The molecule has 0 aromatic heterocycles. The summed E-state index contributed by atoms with van der Waals surface area (Å²) < 4.78 is 27.6. The molecule has 0 radical (unpaired) electrons. The van der Waals surface area contributed by atoms with Gasteiger partial charge in [-0.25, -0.2) is 8.42 Å². The number of amides is 2. The third-order valence-corrected chi connectivity index (χ3v) is 9.05. The summed E-state index contributed by atoms with van der Waals surface area (Å²) in [5, 5.41) is 3.08. The normalized spacial score (nSPS) is 12.8. The highest BCUT2D eigenvalue weighted by molar-refractivity contribution is 9.10. The van der Waals surface area contributed by atoms with E-state index in [2.05, 4.69) is 21.2 Å². The van der Waals surface area contributed by atoms with Crippen LogP contribution in [0.25, 0.3) is 0 Å². The van der Waals surface area contributed by atoms with Gasteiger partial charge in [-0.05, 0) is 67.1 Å². The number of rotatable bonds is 15. The summed E-state index contributed by atoms with van der Waals surface area (Å²) in [5.74, 6) is -0.402. The molecule has 7 nitrogen and oxygen atoms in total. The van der Waals surface area contributed by atoms with E-state index >= 15 is 0 Å². The van der Waals surface area contributed by atoms with Gasteiger partial charge in [-0.15, -0.1) is 0 Å². The number of sulfonamides is 1. The molecule has 0 heterocycles. The second kappa shape index (κ2) is 15.9. The molecule has 3 rings (SSSR count). The smallest absolute Gasteiger partial charge is 0.243 e. The molecular weight excluding hydrogens is 614 g/mol. The van der Waals surface area contributed by atoms with E-state index in [4.69, 9.17) is 0 Å². The Morgan fingerprint density at radius 2 is 1.50 bits per heavy atom. The molecule has 3 aromatic rings. The van der Waals surface area contributed by atoms with E-state index in [0.29, 0.717) is 18.5 Å². The van der Waals surface area contributed by atoms with Crippen molar-refractivity contribution in [3.63, 3.8) is 0 Å². The Kier molecular flexibility index (Phi) is 12.6. The number of nitrogens with zero attached hydrogens (tertiary/aromatic N) is 2. The van der Waals surface area contributed by atoms with Crippen molar-refractivity contribution >= 4 is 43.5 Å². The van der Waals surface area contributed by atoms with Crippen molar-refractivity contribution in [3.05, 3.63) is 100 Å². The number of carbonyl (C=O) groups excluding carboxylic acids is 2. The van der Waals surface area contributed by atoms with Crippen LogP contribution >= 0.6 is 15.9 Å². The van der Waals surface area contributed by atoms with Crippen molar-refractivity contribution in [3.8, 4) is 0 Å². The maximum absolute atomic E-state index is 13.9. The molecule has 0 spiro atoms. The van der Waals surface area contributed by atoms with Crippen LogP contribution in [-0.4, -0.2) is 50.0 Å². The topological polar surface area (TPSA) is 86.8 Å². The first-order valence-electron chi connectivity index (χ1n) is 14.5. The average molecular weight is 657 g/mol. The van der Waals surface area contributed by atoms with Gasteiger partial charge in [0.2, 0.25) is 21.8 Å². The van der Waals surface area contributed by atoms with E-state index in [-0.39, 0.29) is 37.4 Å². The van der Waals surface area contributed by atoms with E-state index in [1.54, 1.807) is 17.0 Å². The molecule has 1 N–H and O–H groups in total. The Hall–Kier alpha value is -3.17. The molecule has 0 aliphatic heterocycles. The molecule has 0 aliphatic rings. The lowest BCUT2D eigenvalue weighted by Crippen LogP contribution is -2.52. The molecule has 2 atom stereocenters. The molecule has 0 fully saturated rings. The monoisotopic (exact) mass is 655 g/mol. The molecular formula is C33H42BrN3O4S. The summed E-state index contributed by atoms with van der Waals surface area (Å²) in [6.07, 6.45) is 3.57. The molecule has 0 bridgehead atoms. The summed E-state index contributed by atoms with van der Waals surface area (Å²) >= 11 is 3.46. The Bertz CT molecular complexity index is 1400. The third kappa shape index (κ3) is 9.98. The quantitative estimate of drug-likeness (QED) is 0.214. The van der Waals surface area contributed by atoms with Crippen LogP contribution in [0, 0.1) is 0 Å². The van der Waals surface area contributed by atoms with Crippen molar-refractivity contribution in [2.45, 2.75) is 71.5 Å². The highest BCUT2D eigenvalue weighted by atomic mass is 79.9. The van der Waals surface area contributed by atoms with E-state index in [1.807, 2.05) is 87.5 Å². The van der Waals surface area contributed by atoms with Crippen LogP contribution in [0.3, 0.4) is 0 Å². The van der Waals surface area contributed by atoms with Crippen LogP contribution in [0.2, 0.25) is 0 Å². The SMILES string of the molecule is CCc1ccc(N(CCCC(=O)N(Cc2ccc(Br)cc2)[C@H](Cc2ccccc2)C(=O)N[C@H](C)CC)S(C)(=O)=O)cc1. The minimum absolute atomic E-state index is 0.0391. The highest BCUT2D eigenvalue weighted by Crippen LogP contribution is 2.22. The predicted molar refractivity (Wildman–Crippen MR) is 174 cm³/mol. The molecule has 2 amide bonds. The second-order valence-electron chi connectivity index (χ2n) is 10.6. The van der Waals surface area contributed by atoms with Crippen LogP contribution in [0.1, 0.15) is 56.7 Å². The standard InChI is InChI=1S/C33H42BrN3O4S/c1-5-25(3)35-33(39)31(23-27-11-8-7-9-12-27)36(24-28-14-18-29(34)19-15-28)32(38)13-10-22-37(42(4,40)41)30-20-16-26(6-2)17-21-30/h7-9,11-12,14-21,25,31H,5-6,10,13,22-24H2,1-4H3,(H,35,39)/t25-,31-/m1/s1. The maximum atomic E-state index is 13.9. The molecule has 42 heavy (non-hydrogen) atoms. The van der Waals surface area contributed by atoms with Gasteiger partial charge in [-0.2, -0.15) is 0 Å². The van der Waals surface area contributed by atoms with Crippen molar-refractivity contribution in [1.82, 2.24) is 10.2 Å². The molecule has 0 saturated carbocycles. The van der Waals surface area contributed by atoms with Crippen molar-refractivity contribution in [2.75, 3.05) is 17.1 Å². The number of hydrogen-bond donors (Lipinski definition) is 1. The lowest BCUT2D eigenvalue weighted by Gasteiger charge is -2.32. The van der Waals surface area contributed by atoms with E-state index in [0.717, 1.165) is 34.0 Å². The van der Waals surface area contributed by atoms with Crippen LogP contribution in [-0.2, 0) is 39.0 Å². The van der Waals surface area contributed by atoms with Gasteiger partial charge in [0.15, 0.2) is 0 Å². The van der Waals surface area contributed by atoms with Gasteiger partial charge in [0.25, 0.3) is 0 Å². The molecule has 0 unspecified atom stereocenters. The molecule has 3 aromatic carbocycles. The summed E-state index contributed by atoms with van der Waals surface area (Å²) in [4.78, 5) is 29.2. The zero-order chi connectivity index (χ0) is 30.7.